The molecule has 0 saturated carbocycles. The molecule has 0 unspecified atom stereocenters. The van der Waals surface area contributed by atoms with Gasteiger partial charge in [0.25, 0.3) is 5.91 Å². The normalized spacial score (nSPS) is 10.6. The van der Waals surface area contributed by atoms with Gasteiger partial charge in [-0.05, 0) is 67.6 Å². The fraction of sp³-hybridized carbons (Fsp3) is 0.318. The van der Waals surface area contributed by atoms with Crippen LogP contribution in [0.5, 0.6) is 11.5 Å². The van der Waals surface area contributed by atoms with Crippen LogP contribution in [-0.4, -0.2) is 30.6 Å². The number of rotatable bonds is 5. The third-order valence-electron chi connectivity index (χ3n) is 3.88. The first-order valence-electron chi connectivity index (χ1n) is 8.60. The molecule has 27 heavy (non-hydrogen) atoms. The van der Waals surface area contributed by atoms with Crippen LogP contribution in [0.2, 0.25) is 0 Å². The van der Waals surface area contributed by atoms with E-state index in [0.717, 1.165) is 10.5 Å². The van der Waals surface area contributed by atoms with Gasteiger partial charge in [-0.25, -0.2) is 0 Å². The highest BCUT2D eigenvalue weighted by Gasteiger charge is 2.26. The van der Waals surface area contributed by atoms with Crippen molar-refractivity contribution in [2.45, 2.75) is 37.8 Å². The SMILES string of the molecule is COc1cc(CN(C(=O)C#CSc2ccccc2)C(C)(C)C)cc(OC)c1. The lowest BCUT2D eigenvalue weighted by Crippen LogP contribution is -2.44. The molecule has 0 aliphatic carbocycles. The first-order valence-corrected chi connectivity index (χ1v) is 9.41. The molecule has 2 aromatic carbocycles. The predicted molar refractivity (Wildman–Crippen MR) is 110 cm³/mol. The van der Waals surface area contributed by atoms with Crippen molar-refractivity contribution in [1.82, 2.24) is 4.90 Å². The van der Waals surface area contributed by atoms with Crippen molar-refractivity contribution in [2.24, 2.45) is 0 Å². The number of benzene rings is 2. The Kier molecular flexibility index (Phi) is 7.20. The number of nitrogens with zero attached hydrogens (tertiary/aromatic N) is 1. The number of hydrogen-bond acceptors (Lipinski definition) is 4. The summed E-state index contributed by atoms with van der Waals surface area (Å²) in [5.41, 5.74) is 0.548. The van der Waals surface area contributed by atoms with Crippen molar-refractivity contribution in [1.29, 1.82) is 0 Å². The molecule has 0 aliphatic rings. The summed E-state index contributed by atoms with van der Waals surface area (Å²) in [6, 6.07) is 15.4. The summed E-state index contributed by atoms with van der Waals surface area (Å²) < 4.78 is 10.6. The minimum Gasteiger partial charge on any atom is -0.497 e. The maximum atomic E-state index is 12.8. The third-order valence-corrected chi connectivity index (χ3v) is 4.59. The standard InChI is InChI=1S/C22H25NO3S/c1-22(2,3)23(16-17-13-18(25-4)15-19(14-17)26-5)21(24)11-12-27-20-9-7-6-8-10-20/h6-10,13-15H,16H2,1-5H3. The Hall–Kier alpha value is -2.58. The summed E-state index contributed by atoms with van der Waals surface area (Å²) in [5.74, 6) is 3.92. The van der Waals surface area contributed by atoms with Crippen LogP contribution in [0.3, 0.4) is 0 Å². The summed E-state index contributed by atoms with van der Waals surface area (Å²) in [5, 5.41) is 2.91. The Morgan fingerprint density at radius 2 is 1.63 bits per heavy atom. The van der Waals surface area contributed by atoms with Gasteiger partial charge in [-0.15, -0.1) is 0 Å². The van der Waals surface area contributed by atoms with Gasteiger partial charge in [0.05, 0.1) is 14.2 Å². The first-order chi connectivity index (χ1) is 12.8. The summed E-state index contributed by atoms with van der Waals surface area (Å²) in [6.45, 7) is 6.40. The van der Waals surface area contributed by atoms with Crippen molar-refractivity contribution < 1.29 is 14.3 Å². The maximum Gasteiger partial charge on any atom is 0.300 e. The van der Waals surface area contributed by atoms with Crippen molar-refractivity contribution in [3.8, 4) is 22.7 Å². The van der Waals surface area contributed by atoms with E-state index in [1.807, 2.05) is 69.3 Å². The van der Waals surface area contributed by atoms with Crippen LogP contribution in [0.25, 0.3) is 0 Å². The Morgan fingerprint density at radius 3 is 2.15 bits per heavy atom. The van der Waals surface area contributed by atoms with Crippen LogP contribution >= 0.6 is 11.8 Å². The molecule has 1 amide bonds. The maximum absolute atomic E-state index is 12.8. The zero-order chi connectivity index (χ0) is 19.9. The van der Waals surface area contributed by atoms with Crippen molar-refractivity contribution >= 4 is 17.7 Å². The molecule has 5 heteroatoms. The Morgan fingerprint density at radius 1 is 1.04 bits per heavy atom. The predicted octanol–water partition coefficient (Wildman–Crippen LogP) is 4.58. The van der Waals surface area contributed by atoms with Crippen molar-refractivity contribution in [2.75, 3.05) is 14.2 Å². The number of thioether (sulfide) groups is 1. The van der Waals surface area contributed by atoms with Gasteiger partial charge in [0.15, 0.2) is 0 Å². The molecule has 0 atom stereocenters. The molecular formula is C22H25NO3S. The highest BCUT2D eigenvalue weighted by molar-refractivity contribution is 8.04. The second-order valence-electron chi connectivity index (χ2n) is 6.93. The highest BCUT2D eigenvalue weighted by Crippen LogP contribution is 2.26. The molecule has 2 aromatic rings. The minimum atomic E-state index is -0.376. The van der Waals surface area contributed by atoms with E-state index in [2.05, 4.69) is 11.2 Å². The van der Waals surface area contributed by atoms with Gasteiger partial charge in [-0.3, -0.25) is 4.79 Å². The fourth-order valence-electron chi connectivity index (χ4n) is 2.44. The van der Waals surface area contributed by atoms with Crippen LogP contribution in [0.4, 0.5) is 0 Å². The van der Waals surface area contributed by atoms with Gasteiger partial charge in [0.2, 0.25) is 0 Å². The fourth-order valence-corrected chi connectivity index (χ4v) is 2.99. The van der Waals surface area contributed by atoms with Crippen LogP contribution in [0.1, 0.15) is 26.3 Å². The van der Waals surface area contributed by atoms with Gasteiger partial charge in [0.1, 0.15) is 11.5 Å². The van der Waals surface area contributed by atoms with Crippen molar-refractivity contribution in [3.05, 3.63) is 54.1 Å². The lowest BCUT2D eigenvalue weighted by Gasteiger charge is -2.34. The smallest absolute Gasteiger partial charge is 0.300 e. The number of hydrogen-bond donors (Lipinski definition) is 0. The zero-order valence-corrected chi connectivity index (χ0v) is 17.2. The average Bonchev–Trinajstić information content (AvgIpc) is 2.65. The lowest BCUT2D eigenvalue weighted by molar-refractivity contribution is -0.130. The van der Waals surface area contributed by atoms with E-state index in [1.165, 1.54) is 11.8 Å². The lowest BCUT2D eigenvalue weighted by atomic mass is 10.0. The number of carbonyl (C=O) groups is 1. The molecular weight excluding hydrogens is 358 g/mol. The molecule has 2 rings (SSSR count). The molecule has 0 bridgehead atoms. The second kappa shape index (κ2) is 9.38. The second-order valence-corrected chi connectivity index (χ2v) is 7.80. The van der Waals surface area contributed by atoms with E-state index in [0.29, 0.717) is 18.0 Å². The van der Waals surface area contributed by atoms with Gasteiger partial charge in [0, 0.05) is 29.0 Å². The molecule has 0 aliphatic heterocycles. The molecule has 4 nitrogen and oxygen atoms in total. The summed E-state index contributed by atoms with van der Waals surface area (Å²) in [6.07, 6.45) is 0. The van der Waals surface area contributed by atoms with E-state index in [-0.39, 0.29) is 11.4 Å². The molecule has 0 radical (unpaired) electrons. The van der Waals surface area contributed by atoms with Crippen LogP contribution in [0.15, 0.2) is 53.4 Å². The summed E-state index contributed by atoms with van der Waals surface area (Å²) >= 11 is 1.35. The minimum absolute atomic E-state index is 0.215. The van der Waals surface area contributed by atoms with Gasteiger partial charge in [-0.1, -0.05) is 18.2 Å². The average molecular weight is 384 g/mol. The van der Waals surface area contributed by atoms with E-state index >= 15 is 0 Å². The molecule has 0 saturated heterocycles. The Balaban J connectivity index is 2.20. The van der Waals surface area contributed by atoms with Crippen LogP contribution in [0, 0.1) is 11.2 Å². The Labute approximate surface area is 165 Å². The number of methoxy groups -OCH3 is 2. The Bertz CT molecular complexity index is 810. The third kappa shape index (κ3) is 6.26. The summed E-state index contributed by atoms with van der Waals surface area (Å²) in [7, 11) is 3.22. The van der Waals surface area contributed by atoms with E-state index in [1.54, 1.807) is 19.1 Å². The van der Waals surface area contributed by atoms with Gasteiger partial charge >= 0.3 is 0 Å². The van der Waals surface area contributed by atoms with E-state index in [4.69, 9.17) is 9.47 Å². The van der Waals surface area contributed by atoms with E-state index in [9.17, 15) is 4.79 Å². The number of ether oxygens (including phenoxy) is 2. The van der Waals surface area contributed by atoms with Crippen LogP contribution in [-0.2, 0) is 11.3 Å². The zero-order valence-electron chi connectivity index (χ0n) is 16.4. The molecule has 0 N–H and O–H groups in total. The first kappa shape index (κ1) is 20.7. The highest BCUT2D eigenvalue weighted by atomic mass is 32.2. The molecule has 0 spiro atoms. The van der Waals surface area contributed by atoms with Crippen LogP contribution < -0.4 is 9.47 Å². The topological polar surface area (TPSA) is 38.8 Å². The largest absolute Gasteiger partial charge is 0.497 e. The van der Waals surface area contributed by atoms with Gasteiger partial charge in [-0.2, -0.15) is 0 Å². The molecule has 0 aromatic heterocycles. The molecule has 0 fully saturated rings. The number of amides is 1. The van der Waals surface area contributed by atoms with Crippen molar-refractivity contribution in [3.63, 3.8) is 0 Å². The molecule has 142 valence electrons. The quantitative estimate of drug-likeness (QED) is 0.559. The van der Waals surface area contributed by atoms with Gasteiger partial charge < -0.3 is 14.4 Å². The van der Waals surface area contributed by atoms with E-state index < -0.39 is 0 Å². The number of carbonyl (C=O) groups excluding carboxylic acids is 1. The molecule has 0 heterocycles. The summed E-state index contributed by atoms with van der Waals surface area (Å²) in [4.78, 5) is 15.5. The monoisotopic (exact) mass is 383 g/mol.